The van der Waals surface area contributed by atoms with Crippen molar-refractivity contribution in [1.29, 1.82) is 0 Å². The van der Waals surface area contributed by atoms with Gasteiger partial charge in [0.15, 0.2) is 5.03 Å². The van der Waals surface area contributed by atoms with Gasteiger partial charge in [-0.3, -0.25) is 9.36 Å². The molecule has 2 aromatic heterocycles. The van der Waals surface area contributed by atoms with E-state index in [4.69, 9.17) is 29.2 Å². The largest absolute Gasteiger partial charge is 0.492 e. The summed E-state index contributed by atoms with van der Waals surface area (Å²) in [6, 6.07) is 35.0. The van der Waals surface area contributed by atoms with Crippen LogP contribution in [0.3, 0.4) is 0 Å². The van der Waals surface area contributed by atoms with Gasteiger partial charge in [0.1, 0.15) is 60.5 Å². The predicted molar refractivity (Wildman–Crippen MR) is 226 cm³/mol. The highest BCUT2D eigenvalue weighted by atomic mass is 35.5. The van der Waals surface area contributed by atoms with Gasteiger partial charge in [-0.05, 0) is 47.0 Å². The zero-order valence-electron chi connectivity index (χ0n) is 31.8. The highest BCUT2D eigenvalue weighted by molar-refractivity contribution is 7.91. The third-order valence-corrected chi connectivity index (χ3v) is 12.0. The van der Waals surface area contributed by atoms with Gasteiger partial charge in [-0.2, -0.15) is 10.2 Å². The molecule has 0 amide bonds. The Balaban J connectivity index is 0.000000160. The van der Waals surface area contributed by atoms with E-state index in [1.807, 2.05) is 54.2 Å². The number of sulfone groups is 1. The van der Waals surface area contributed by atoms with Crippen molar-refractivity contribution in [3.05, 3.63) is 120 Å². The zero-order chi connectivity index (χ0) is 38.9. The molecule has 14 heteroatoms. The minimum absolute atomic E-state index is 0. The van der Waals surface area contributed by atoms with Gasteiger partial charge < -0.3 is 29.4 Å². The molecule has 58 heavy (non-hydrogen) atoms. The predicted octanol–water partition coefficient (Wildman–Crippen LogP) is 6.98. The molecule has 0 aliphatic carbocycles. The maximum absolute atomic E-state index is 13.7. The van der Waals surface area contributed by atoms with Crippen molar-refractivity contribution < 1.29 is 32.5 Å². The first-order valence-electron chi connectivity index (χ1n) is 19.0. The molecule has 0 saturated heterocycles. The van der Waals surface area contributed by atoms with E-state index in [1.54, 1.807) is 28.9 Å². The third-order valence-electron chi connectivity index (χ3n) is 10.2. The van der Waals surface area contributed by atoms with Crippen LogP contribution < -0.4 is 24.3 Å². The van der Waals surface area contributed by atoms with Crippen LogP contribution in [0, 0.1) is 0 Å². The summed E-state index contributed by atoms with van der Waals surface area (Å²) in [6.45, 7) is 3.65. The molecule has 0 bridgehead atoms. The van der Waals surface area contributed by atoms with E-state index in [1.165, 1.54) is 16.3 Å². The van der Waals surface area contributed by atoms with Gasteiger partial charge in [-0.25, -0.2) is 8.42 Å². The van der Waals surface area contributed by atoms with E-state index < -0.39 is 9.84 Å². The van der Waals surface area contributed by atoms with Crippen molar-refractivity contribution in [3.63, 3.8) is 0 Å². The fourth-order valence-corrected chi connectivity index (χ4v) is 9.26. The summed E-state index contributed by atoms with van der Waals surface area (Å²) in [5, 5.41) is 27.1. The second kappa shape index (κ2) is 16.5. The number of fused-ring (bicyclic) bond motifs is 2. The molecule has 2 aliphatic rings. The van der Waals surface area contributed by atoms with Crippen LogP contribution >= 0.6 is 12.4 Å². The van der Waals surface area contributed by atoms with E-state index in [0.717, 1.165) is 40.7 Å². The van der Waals surface area contributed by atoms with E-state index >= 15 is 0 Å². The minimum Gasteiger partial charge on any atom is -0.492 e. The number of hydrogen-bond acceptors (Lipinski definition) is 10. The number of aliphatic hydroxyl groups excluding tert-OH is 1. The normalized spacial score (nSPS) is 13.1. The number of nitrogens with one attached hydrogen (secondary N) is 1. The monoisotopic (exact) mass is 819 g/mol. The highest BCUT2D eigenvalue weighted by Crippen LogP contribution is 2.40. The lowest BCUT2D eigenvalue weighted by atomic mass is 9.99. The Bertz CT molecular complexity index is 2880. The summed E-state index contributed by atoms with van der Waals surface area (Å²) in [5.41, 5.74) is 3.97. The Morgan fingerprint density at radius 2 is 1.29 bits per heavy atom. The van der Waals surface area contributed by atoms with Gasteiger partial charge in [0.05, 0.1) is 30.3 Å². The van der Waals surface area contributed by atoms with Crippen molar-refractivity contribution in [2.45, 2.75) is 29.4 Å². The molecule has 0 saturated carbocycles. The molecule has 0 unspecified atom stereocenters. The summed E-state index contributed by atoms with van der Waals surface area (Å²) < 4.78 is 54.3. The smallest absolute Gasteiger partial charge is 0.226 e. The molecule has 0 radical (unpaired) electrons. The minimum atomic E-state index is -3.87. The average molecular weight is 820 g/mol. The van der Waals surface area contributed by atoms with Crippen molar-refractivity contribution in [2.75, 3.05) is 46.6 Å². The fourth-order valence-electron chi connectivity index (χ4n) is 7.66. The van der Waals surface area contributed by atoms with Crippen LogP contribution in [0.2, 0.25) is 0 Å². The van der Waals surface area contributed by atoms with Crippen molar-refractivity contribution in [3.8, 4) is 23.0 Å². The second-order valence-electron chi connectivity index (χ2n) is 13.9. The number of aromatic nitrogens is 4. The van der Waals surface area contributed by atoms with Crippen LogP contribution in [-0.4, -0.2) is 79.7 Å². The van der Waals surface area contributed by atoms with Crippen LogP contribution in [0.5, 0.6) is 23.0 Å². The molecule has 10 rings (SSSR count). The van der Waals surface area contributed by atoms with Crippen LogP contribution in [0.25, 0.3) is 43.4 Å². The molecule has 12 nitrogen and oxygen atoms in total. The van der Waals surface area contributed by atoms with Gasteiger partial charge in [-0.1, -0.05) is 78.9 Å². The standard InChI is InChI=1S/C22H21N3O4S.C22H20N2O3.ClH/c1-23-9-11-28-16-13-18-21-19(14-16)29-12-10-25(21)24-22(18)30(26,27)20-8-4-6-15-5-2-3-7-17(15)20;25-9-11-26-17-13-19-20(23-24-8-10-27-21(14-17)22(19)24)12-16-6-3-5-15-4-1-2-7-18(15)16;/h2-8,13-14,23H,9-12H2,1H3;1-7,13-14,25H,8-12H2;1H. The van der Waals surface area contributed by atoms with Gasteiger partial charge >= 0.3 is 0 Å². The van der Waals surface area contributed by atoms with Gasteiger partial charge in [0.25, 0.3) is 0 Å². The first kappa shape index (κ1) is 39.0. The summed E-state index contributed by atoms with van der Waals surface area (Å²) in [6.07, 6.45) is 0.744. The topological polar surface area (TPSA) is 139 Å². The van der Waals surface area contributed by atoms with Crippen molar-refractivity contribution >= 4 is 65.6 Å². The Hall–Kier alpha value is -5.86. The Kier molecular flexibility index (Phi) is 11.1. The SMILES string of the molecule is CNCCOc1cc2c3c(c1)c(S(=O)(=O)c1cccc4ccccc14)nn3CCO2.Cl.OCCOc1cc2c3c(c1)c(Cc1cccc4ccccc14)nn3CCO2. The number of likely N-dealkylation sites (N-methyl/N-ethyl adjacent to an activating group) is 1. The summed E-state index contributed by atoms with van der Waals surface area (Å²) in [4.78, 5) is 0.246. The molecule has 298 valence electrons. The number of ether oxygens (including phenoxy) is 4. The molecule has 6 aromatic carbocycles. The Morgan fingerprint density at radius 3 is 2.00 bits per heavy atom. The number of hydrogen-bond donors (Lipinski definition) is 2. The molecule has 8 aromatic rings. The molecular weight excluding hydrogens is 778 g/mol. The Labute approximate surface area is 341 Å². The lowest BCUT2D eigenvalue weighted by molar-refractivity contribution is 0.200. The summed E-state index contributed by atoms with van der Waals surface area (Å²) in [7, 11) is -2.02. The number of benzene rings is 6. The van der Waals surface area contributed by atoms with Crippen LogP contribution in [0.1, 0.15) is 11.3 Å². The average Bonchev–Trinajstić information content (AvgIpc) is 3.80. The van der Waals surface area contributed by atoms with E-state index in [9.17, 15) is 8.42 Å². The number of nitrogens with zero attached hydrogens (tertiary/aromatic N) is 4. The number of aliphatic hydroxyl groups is 1. The second-order valence-corrected chi connectivity index (χ2v) is 15.7. The molecule has 4 heterocycles. The van der Waals surface area contributed by atoms with Gasteiger partial charge in [-0.15, -0.1) is 12.4 Å². The first-order valence-corrected chi connectivity index (χ1v) is 20.5. The van der Waals surface area contributed by atoms with Crippen LogP contribution in [-0.2, 0) is 29.3 Å². The van der Waals surface area contributed by atoms with Crippen molar-refractivity contribution in [2.24, 2.45) is 0 Å². The van der Waals surface area contributed by atoms with Crippen molar-refractivity contribution in [1.82, 2.24) is 24.9 Å². The molecule has 2 N–H and O–H groups in total. The quantitative estimate of drug-likeness (QED) is 0.132. The molecule has 2 aliphatic heterocycles. The fraction of sp³-hybridized carbons (Fsp3) is 0.227. The molecule has 0 atom stereocenters. The Morgan fingerprint density at radius 1 is 0.707 bits per heavy atom. The summed E-state index contributed by atoms with van der Waals surface area (Å²) >= 11 is 0. The maximum atomic E-state index is 13.7. The first-order chi connectivity index (χ1) is 27.9. The number of halogens is 1. The summed E-state index contributed by atoms with van der Waals surface area (Å²) in [5.74, 6) is 2.64. The van der Waals surface area contributed by atoms with Gasteiger partial charge in [0, 0.05) is 41.3 Å². The van der Waals surface area contributed by atoms with Crippen LogP contribution in [0.4, 0.5) is 0 Å². The third kappa shape index (κ3) is 7.26. The van der Waals surface area contributed by atoms with Gasteiger partial charge in [0.2, 0.25) is 9.84 Å². The maximum Gasteiger partial charge on any atom is 0.226 e. The van der Waals surface area contributed by atoms with E-state index in [-0.39, 0.29) is 35.5 Å². The lowest BCUT2D eigenvalue weighted by Gasteiger charge is -2.16. The molecule has 0 fully saturated rings. The zero-order valence-corrected chi connectivity index (χ0v) is 33.4. The van der Waals surface area contributed by atoms with E-state index in [2.05, 4.69) is 52.9 Å². The molecule has 0 spiro atoms. The molecular formula is C44H42ClN5O7S. The van der Waals surface area contributed by atoms with Crippen LogP contribution in [0.15, 0.2) is 119 Å². The highest BCUT2D eigenvalue weighted by Gasteiger charge is 2.30. The van der Waals surface area contributed by atoms with E-state index in [0.29, 0.717) is 66.4 Å². The lowest BCUT2D eigenvalue weighted by Crippen LogP contribution is -2.17. The number of rotatable bonds is 11.